The molecule has 2 rings (SSSR count). The maximum Gasteiger partial charge on any atom is 0.129 e. The molecule has 0 aromatic carbocycles. The van der Waals surface area contributed by atoms with Crippen molar-refractivity contribution in [1.82, 2.24) is 9.88 Å². The molecule has 2 N–H and O–H groups in total. The quantitative estimate of drug-likeness (QED) is 0.794. The van der Waals surface area contributed by atoms with Gasteiger partial charge >= 0.3 is 0 Å². The van der Waals surface area contributed by atoms with E-state index in [4.69, 9.17) is 17.3 Å². The van der Waals surface area contributed by atoms with Crippen LogP contribution in [0.15, 0.2) is 18.3 Å². The molecule has 4 heteroatoms. The molecule has 0 amide bonds. The van der Waals surface area contributed by atoms with Crippen LogP contribution in [0.2, 0.25) is 5.15 Å². The highest BCUT2D eigenvalue weighted by Gasteiger charge is 2.20. The first kappa shape index (κ1) is 10.9. The highest BCUT2D eigenvalue weighted by atomic mass is 35.5. The SMILES string of the molecule is NCC1CCN(Cc2ccnc(Cl)c2)C1. The number of hydrogen-bond donors (Lipinski definition) is 1. The summed E-state index contributed by atoms with van der Waals surface area (Å²) in [5.74, 6) is 0.669. The summed E-state index contributed by atoms with van der Waals surface area (Å²) >= 11 is 5.84. The van der Waals surface area contributed by atoms with E-state index in [9.17, 15) is 0 Å². The largest absolute Gasteiger partial charge is 0.330 e. The summed E-state index contributed by atoms with van der Waals surface area (Å²) < 4.78 is 0. The highest BCUT2D eigenvalue weighted by Crippen LogP contribution is 2.18. The second kappa shape index (κ2) is 4.92. The number of hydrogen-bond acceptors (Lipinski definition) is 3. The summed E-state index contributed by atoms with van der Waals surface area (Å²) in [4.78, 5) is 6.39. The van der Waals surface area contributed by atoms with Crippen LogP contribution in [0.1, 0.15) is 12.0 Å². The van der Waals surface area contributed by atoms with Crippen LogP contribution in [-0.4, -0.2) is 29.5 Å². The van der Waals surface area contributed by atoms with Gasteiger partial charge in [-0.3, -0.25) is 4.90 Å². The predicted molar refractivity (Wildman–Crippen MR) is 61.7 cm³/mol. The van der Waals surface area contributed by atoms with Gasteiger partial charge in [0.2, 0.25) is 0 Å². The highest BCUT2D eigenvalue weighted by molar-refractivity contribution is 6.29. The molecule has 82 valence electrons. The number of pyridine rings is 1. The van der Waals surface area contributed by atoms with Crippen molar-refractivity contribution in [3.8, 4) is 0 Å². The molecule has 1 aromatic rings. The zero-order valence-electron chi connectivity index (χ0n) is 8.69. The lowest BCUT2D eigenvalue weighted by Gasteiger charge is -2.15. The molecule has 0 spiro atoms. The fraction of sp³-hybridized carbons (Fsp3) is 0.545. The van der Waals surface area contributed by atoms with Crippen LogP contribution in [0.4, 0.5) is 0 Å². The van der Waals surface area contributed by atoms with E-state index in [0.29, 0.717) is 11.1 Å². The summed E-state index contributed by atoms with van der Waals surface area (Å²) in [6.45, 7) is 4.00. The van der Waals surface area contributed by atoms with Crippen molar-refractivity contribution in [2.75, 3.05) is 19.6 Å². The number of nitrogens with two attached hydrogens (primary N) is 1. The average molecular weight is 226 g/mol. The Hall–Kier alpha value is -0.640. The van der Waals surface area contributed by atoms with Crippen molar-refractivity contribution in [3.63, 3.8) is 0 Å². The average Bonchev–Trinajstić information content (AvgIpc) is 2.65. The van der Waals surface area contributed by atoms with Crippen LogP contribution in [0.3, 0.4) is 0 Å². The summed E-state index contributed by atoms with van der Waals surface area (Å²) in [7, 11) is 0. The maximum atomic E-state index is 5.84. The van der Waals surface area contributed by atoms with Gasteiger partial charge in [0.25, 0.3) is 0 Å². The normalized spacial score (nSPS) is 22.1. The third-order valence-corrected chi connectivity index (χ3v) is 3.11. The van der Waals surface area contributed by atoms with Crippen LogP contribution in [0, 0.1) is 5.92 Å². The molecule has 1 fully saturated rings. The fourth-order valence-corrected chi connectivity index (χ4v) is 2.24. The molecular formula is C11H16ClN3. The van der Waals surface area contributed by atoms with Gasteiger partial charge in [0.05, 0.1) is 0 Å². The molecule has 1 unspecified atom stereocenters. The molecule has 15 heavy (non-hydrogen) atoms. The molecule has 1 saturated heterocycles. The zero-order chi connectivity index (χ0) is 10.7. The van der Waals surface area contributed by atoms with E-state index in [1.54, 1.807) is 6.20 Å². The molecule has 2 heterocycles. The molecule has 0 bridgehead atoms. The summed E-state index contributed by atoms with van der Waals surface area (Å²) in [6, 6.07) is 3.94. The smallest absolute Gasteiger partial charge is 0.129 e. The fourth-order valence-electron chi connectivity index (χ4n) is 2.05. The van der Waals surface area contributed by atoms with Crippen LogP contribution >= 0.6 is 11.6 Å². The number of aromatic nitrogens is 1. The van der Waals surface area contributed by atoms with Gasteiger partial charge in [-0.25, -0.2) is 4.98 Å². The third-order valence-electron chi connectivity index (χ3n) is 2.90. The zero-order valence-corrected chi connectivity index (χ0v) is 9.45. The standard InChI is InChI=1S/C11H16ClN3/c12-11-5-9(1-3-14-11)7-15-4-2-10(6-13)8-15/h1,3,5,10H,2,4,6-8,13H2. The van der Waals surface area contributed by atoms with Crippen molar-refractivity contribution in [2.24, 2.45) is 11.7 Å². The second-order valence-corrected chi connectivity index (χ2v) is 4.50. The van der Waals surface area contributed by atoms with Gasteiger partial charge in [-0.15, -0.1) is 0 Å². The van der Waals surface area contributed by atoms with Gasteiger partial charge in [0, 0.05) is 19.3 Å². The van der Waals surface area contributed by atoms with Crippen molar-refractivity contribution >= 4 is 11.6 Å². The Morgan fingerprint density at radius 2 is 2.47 bits per heavy atom. The van der Waals surface area contributed by atoms with Crippen LogP contribution < -0.4 is 5.73 Å². The molecule has 1 atom stereocenters. The first-order valence-electron chi connectivity index (χ1n) is 5.31. The van der Waals surface area contributed by atoms with E-state index in [2.05, 4.69) is 9.88 Å². The van der Waals surface area contributed by atoms with Crippen molar-refractivity contribution in [3.05, 3.63) is 29.0 Å². The molecule has 0 radical (unpaired) electrons. The van der Waals surface area contributed by atoms with Crippen molar-refractivity contribution in [1.29, 1.82) is 0 Å². The van der Waals surface area contributed by atoms with Crippen LogP contribution in [-0.2, 0) is 6.54 Å². The van der Waals surface area contributed by atoms with E-state index >= 15 is 0 Å². The number of nitrogens with zero attached hydrogens (tertiary/aromatic N) is 2. The minimum absolute atomic E-state index is 0.571. The summed E-state index contributed by atoms with van der Waals surface area (Å²) in [5, 5.41) is 0.571. The van der Waals surface area contributed by atoms with Crippen LogP contribution in [0.25, 0.3) is 0 Å². The second-order valence-electron chi connectivity index (χ2n) is 4.11. The molecule has 1 aliphatic rings. The molecular weight excluding hydrogens is 210 g/mol. The molecule has 1 aliphatic heterocycles. The van der Waals surface area contributed by atoms with Gasteiger partial charge < -0.3 is 5.73 Å². The van der Waals surface area contributed by atoms with Gasteiger partial charge in [-0.2, -0.15) is 0 Å². The number of likely N-dealkylation sites (tertiary alicyclic amines) is 1. The lowest BCUT2D eigenvalue weighted by atomic mass is 10.1. The first-order valence-corrected chi connectivity index (χ1v) is 5.68. The van der Waals surface area contributed by atoms with Crippen molar-refractivity contribution < 1.29 is 0 Å². The van der Waals surface area contributed by atoms with Gasteiger partial charge in [-0.05, 0) is 43.1 Å². The third kappa shape index (κ3) is 2.91. The van der Waals surface area contributed by atoms with Crippen molar-refractivity contribution in [2.45, 2.75) is 13.0 Å². The minimum atomic E-state index is 0.571. The number of halogens is 1. The minimum Gasteiger partial charge on any atom is -0.330 e. The molecule has 3 nitrogen and oxygen atoms in total. The topological polar surface area (TPSA) is 42.1 Å². The molecule has 0 saturated carbocycles. The first-order chi connectivity index (χ1) is 7.28. The molecule has 1 aromatic heterocycles. The van der Waals surface area contributed by atoms with Crippen LogP contribution in [0.5, 0.6) is 0 Å². The van der Waals surface area contributed by atoms with E-state index in [0.717, 1.165) is 26.2 Å². The van der Waals surface area contributed by atoms with E-state index in [-0.39, 0.29) is 0 Å². The lowest BCUT2D eigenvalue weighted by molar-refractivity contribution is 0.318. The van der Waals surface area contributed by atoms with E-state index < -0.39 is 0 Å². The van der Waals surface area contributed by atoms with E-state index in [1.165, 1.54) is 12.0 Å². The Morgan fingerprint density at radius 3 is 3.13 bits per heavy atom. The Labute approximate surface area is 95.2 Å². The Bertz CT molecular complexity index is 329. The lowest BCUT2D eigenvalue weighted by Crippen LogP contribution is -2.22. The predicted octanol–water partition coefficient (Wildman–Crippen LogP) is 1.52. The Balaban J connectivity index is 1.92. The maximum absolute atomic E-state index is 5.84. The molecule has 0 aliphatic carbocycles. The summed E-state index contributed by atoms with van der Waals surface area (Å²) in [6.07, 6.45) is 2.98. The Kier molecular flexibility index (Phi) is 3.57. The monoisotopic (exact) mass is 225 g/mol. The Morgan fingerprint density at radius 1 is 1.60 bits per heavy atom. The van der Waals surface area contributed by atoms with Gasteiger partial charge in [-0.1, -0.05) is 11.6 Å². The van der Waals surface area contributed by atoms with Gasteiger partial charge in [0.15, 0.2) is 0 Å². The van der Waals surface area contributed by atoms with E-state index in [1.807, 2.05) is 12.1 Å². The summed E-state index contributed by atoms with van der Waals surface area (Å²) in [5.41, 5.74) is 6.89. The van der Waals surface area contributed by atoms with Gasteiger partial charge in [0.1, 0.15) is 5.15 Å². The number of rotatable bonds is 3.